The molecule has 6 nitrogen and oxygen atoms in total. The fraction of sp³-hybridized carbons (Fsp3) is 0.200. The molecule has 16 heavy (non-hydrogen) atoms. The van der Waals surface area contributed by atoms with Crippen LogP contribution < -0.4 is 16.7 Å². The Balaban J connectivity index is 2.32. The van der Waals surface area contributed by atoms with E-state index in [1.165, 1.54) is 0 Å². The van der Waals surface area contributed by atoms with E-state index < -0.39 is 6.04 Å². The third-order valence-corrected chi connectivity index (χ3v) is 2.20. The van der Waals surface area contributed by atoms with Gasteiger partial charge in [-0.25, -0.2) is 4.79 Å². The molecular formula is C10H12N4O2. The second-order valence-electron chi connectivity index (χ2n) is 3.62. The minimum atomic E-state index is -0.569. The molecule has 6 heteroatoms. The molecule has 1 aromatic heterocycles. The highest BCUT2D eigenvalue weighted by Crippen LogP contribution is 2.14. The van der Waals surface area contributed by atoms with E-state index >= 15 is 0 Å². The van der Waals surface area contributed by atoms with Crippen molar-refractivity contribution in [3.8, 4) is 0 Å². The summed E-state index contributed by atoms with van der Waals surface area (Å²) >= 11 is 0. The lowest BCUT2D eigenvalue weighted by Gasteiger charge is -2.07. The molecule has 1 unspecified atom stereocenters. The molecule has 1 amide bonds. The molecule has 5 N–H and O–H groups in total. The van der Waals surface area contributed by atoms with Crippen LogP contribution in [0.3, 0.4) is 0 Å². The summed E-state index contributed by atoms with van der Waals surface area (Å²) in [4.78, 5) is 27.6. The van der Waals surface area contributed by atoms with Crippen LogP contribution in [0.1, 0.15) is 6.92 Å². The van der Waals surface area contributed by atoms with Crippen molar-refractivity contribution in [1.29, 1.82) is 0 Å². The van der Waals surface area contributed by atoms with Gasteiger partial charge in [0.1, 0.15) is 0 Å². The van der Waals surface area contributed by atoms with Crippen LogP contribution >= 0.6 is 0 Å². The average molecular weight is 220 g/mol. The first-order valence-electron chi connectivity index (χ1n) is 4.85. The van der Waals surface area contributed by atoms with E-state index in [0.29, 0.717) is 16.7 Å². The van der Waals surface area contributed by atoms with Gasteiger partial charge in [-0.05, 0) is 25.1 Å². The highest BCUT2D eigenvalue weighted by molar-refractivity contribution is 5.95. The Hall–Kier alpha value is -2.08. The maximum atomic E-state index is 11.3. The summed E-state index contributed by atoms with van der Waals surface area (Å²) in [5.74, 6) is -0.266. The number of aromatic nitrogens is 2. The first-order valence-corrected chi connectivity index (χ1v) is 4.85. The Morgan fingerprint density at radius 3 is 2.75 bits per heavy atom. The fourth-order valence-corrected chi connectivity index (χ4v) is 1.37. The van der Waals surface area contributed by atoms with Crippen molar-refractivity contribution < 1.29 is 4.79 Å². The number of imidazole rings is 1. The fourth-order valence-electron chi connectivity index (χ4n) is 1.37. The Morgan fingerprint density at radius 2 is 2.06 bits per heavy atom. The molecule has 1 atom stereocenters. The Bertz CT molecular complexity index is 582. The van der Waals surface area contributed by atoms with Crippen LogP contribution in [-0.4, -0.2) is 21.9 Å². The maximum absolute atomic E-state index is 11.3. The normalized spacial score (nSPS) is 12.6. The second kappa shape index (κ2) is 3.82. The summed E-state index contributed by atoms with van der Waals surface area (Å²) < 4.78 is 0. The summed E-state index contributed by atoms with van der Waals surface area (Å²) in [5, 5.41) is 2.64. The van der Waals surface area contributed by atoms with Gasteiger partial charge in [0.25, 0.3) is 0 Å². The van der Waals surface area contributed by atoms with Gasteiger partial charge in [-0.1, -0.05) is 0 Å². The van der Waals surface area contributed by atoms with Gasteiger partial charge in [-0.15, -0.1) is 0 Å². The molecule has 1 aromatic carbocycles. The molecule has 0 saturated heterocycles. The van der Waals surface area contributed by atoms with Crippen LogP contribution in [0.4, 0.5) is 5.69 Å². The number of hydrogen-bond acceptors (Lipinski definition) is 3. The van der Waals surface area contributed by atoms with Crippen molar-refractivity contribution >= 4 is 22.6 Å². The predicted molar refractivity (Wildman–Crippen MR) is 61.2 cm³/mol. The molecule has 84 valence electrons. The van der Waals surface area contributed by atoms with Crippen LogP contribution in [0, 0.1) is 0 Å². The largest absolute Gasteiger partial charge is 0.325 e. The van der Waals surface area contributed by atoms with Crippen molar-refractivity contribution in [3.05, 3.63) is 28.7 Å². The van der Waals surface area contributed by atoms with Crippen molar-refractivity contribution in [1.82, 2.24) is 9.97 Å². The Labute approximate surface area is 90.8 Å². The van der Waals surface area contributed by atoms with Crippen LogP contribution in [0.25, 0.3) is 11.0 Å². The molecule has 0 saturated carbocycles. The summed E-state index contributed by atoms with van der Waals surface area (Å²) in [5.41, 5.74) is 7.10. The minimum absolute atomic E-state index is 0.266. The number of carbonyl (C=O) groups is 1. The SMILES string of the molecule is CC(N)C(=O)Nc1ccc2[nH]c(=O)[nH]c2c1. The van der Waals surface area contributed by atoms with E-state index in [0.717, 1.165) is 0 Å². The summed E-state index contributed by atoms with van der Waals surface area (Å²) in [7, 11) is 0. The molecule has 0 bridgehead atoms. The predicted octanol–water partition coefficient (Wildman–Crippen LogP) is 0.142. The third kappa shape index (κ3) is 1.96. The van der Waals surface area contributed by atoms with Gasteiger partial charge in [-0.2, -0.15) is 0 Å². The van der Waals surface area contributed by atoms with Gasteiger partial charge < -0.3 is 21.0 Å². The summed E-state index contributed by atoms with van der Waals surface area (Å²) in [6.45, 7) is 1.60. The number of nitrogens with two attached hydrogens (primary N) is 1. The van der Waals surface area contributed by atoms with E-state index in [9.17, 15) is 9.59 Å². The lowest BCUT2D eigenvalue weighted by Crippen LogP contribution is -2.32. The number of carbonyl (C=O) groups excluding carboxylic acids is 1. The number of hydrogen-bond donors (Lipinski definition) is 4. The number of aromatic amines is 2. The van der Waals surface area contributed by atoms with Crippen LogP contribution in [0.5, 0.6) is 0 Å². The molecule has 0 aliphatic heterocycles. The van der Waals surface area contributed by atoms with Crippen molar-refractivity contribution in [2.45, 2.75) is 13.0 Å². The third-order valence-electron chi connectivity index (χ3n) is 2.20. The van der Waals surface area contributed by atoms with Crippen molar-refractivity contribution in [3.63, 3.8) is 0 Å². The molecule has 2 aromatic rings. The van der Waals surface area contributed by atoms with Gasteiger partial charge >= 0.3 is 5.69 Å². The topological polar surface area (TPSA) is 104 Å². The molecule has 0 aliphatic carbocycles. The number of benzene rings is 1. The van der Waals surface area contributed by atoms with Crippen LogP contribution in [0.2, 0.25) is 0 Å². The first kappa shape index (κ1) is 10.4. The highest BCUT2D eigenvalue weighted by Gasteiger charge is 2.08. The maximum Gasteiger partial charge on any atom is 0.323 e. The number of rotatable bonds is 2. The lowest BCUT2D eigenvalue weighted by molar-refractivity contribution is -0.117. The summed E-state index contributed by atoms with van der Waals surface area (Å²) in [6.07, 6.45) is 0. The number of amides is 1. The number of fused-ring (bicyclic) bond motifs is 1. The smallest absolute Gasteiger partial charge is 0.323 e. The van der Waals surface area contributed by atoms with E-state index in [1.807, 2.05) is 0 Å². The first-order chi connectivity index (χ1) is 7.56. The zero-order valence-corrected chi connectivity index (χ0v) is 8.70. The zero-order chi connectivity index (χ0) is 11.7. The highest BCUT2D eigenvalue weighted by atomic mass is 16.2. The van der Waals surface area contributed by atoms with Gasteiger partial charge in [0.2, 0.25) is 5.91 Å². The van der Waals surface area contributed by atoms with Gasteiger partial charge in [0.05, 0.1) is 17.1 Å². The van der Waals surface area contributed by atoms with E-state index in [4.69, 9.17) is 5.73 Å². The molecule has 2 rings (SSSR count). The number of H-pyrrole nitrogens is 2. The minimum Gasteiger partial charge on any atom is -0.325 e. The number of anilines is 1. The quantitative estimate of drug-likeness (QED) is 0.578. The number of nitrogens with one attached hydrogen (secondary N) is 3. The molecule has 1 heterocycles. The average Bonchev–Trinajstić information content (AvgIpc) is 2.57. The van der Waals surface area contributed by atoms with E-state index in [2.05, 4.69) is 15.3 Å². The standard InChI is InChI=1S/C10H12N4O2/c1-5(11)9(15)12-6-2-3-7-8(4-6)14-10(16)13-7/h2-5H,11H2,1H3,(H,12,15)(H2,13,14,16). The van der Waals surface area contributed by atoms with Crippen LogP contribution in [0.15, 0.2) is 23.0 Å². The Morgan fingerprint density at radius 1 is 1.38 bits per heavy atom. The monoisotopic (exact) mass is 220 g/mol. The molecule has 0 spiro atoms. The molecule has 0 radical (unpaired) electrons. The van der Waals surface area contributed by atoms with Crippen molar-refractivity contribution in [2.75, 3.05) is 5.32 Å². The van der Waals surface area contributed by atoms with Crippen LogP contribution in [-0.2, 0) is 4.79 Å². The molecule has 0 aliphatic rings. The van der Waals surface area contributed by atoms with Gasteiger partial charge in [0, 0.05) is 5.69 Å². The van der Waals surface area contributed by atoms with E-state index in [-0.39, 0.29) is 11.6 Å². The lowest BCUT2D eigenvalue weighted by atomic mass is 10.2. The summed E-state index contributed by atoms with van der Waals surface area (Å²) in [6, 6.07) is 4.52. The van der Waals surface area contributed by atoms with Crippen molar-refractivity contribution in [2.24, 2.45) is 5.73 Å². The molecular weight excluding hydrogens is 208 g/mol. The zero-order valence-electron chi connectivity index (χ0n) is 8.70. The molecule has 0 fully saturated rings. The Kier molecular flexibility index (Phi) is 2.49. The van der Waals surface area contributed by atoms with E-state index in [1.54, 1.807) is 25.1 Å². The van der Waals surface area contributed by atoms with Gasteiger partial charge in [-0.3, -0.25) is 4.79 Å². The second-order valence-corrected chi connectivity index (χ2v) is 3.62. The van der Waals surface area contributed by atoms with Gasteiger partial charge in [0.15, 0.2) is 0 Å².